The average molecular weight is 945 g/mol. The first-order chi connectivity index (χ1) is 26.9. The van der Waals surface area contributed by atoms with Gasteiger partial charge in [-0.1, -0.05) is 167 Å². The van der Waals surface area contributed by atoms with Crippen LogP contribution in [0.25, 0.3) is 21.5 Å². The van der Waals surface area contributed by atoms with Crippen LogP contribution in [0.3, 0.4) is 0 Å². The van der Waals surface area contributed by atoms with E-state index in [2.05, 4.69) is 52.0 Å². The minimum absolute atomic E-state index is 0. The Morgan fingerprint density at radius 1 is 0.386 bits per heavy atom. The Bertz CT molecular complexity index is 1830. The fraction of sp³-hybridized carbons (Fsp3) is 0.583. The summed E-state index contributed by atoms with van der Waals surface area (Å²) in [5.41, 5.74) is 5.13. The molecule has 312 valence electrons. The molecule has 0 radical (unpaired) electrons. The summed E-state index contributed by atoms with van der Waals surface area (Å²) in [6.07, 6.45) is 28.4. The van der Waals surface area contributed by atoms with Crippen LogP contribution in [0, 0.1) is 0 Å². The largest absolute Gasteiger partial charge is 2.00 e. The van der Waals surface area contributed by atoms with Crippen molar-refractivity contribution in [1.82, 2.24) is 0 Å². The number of hydrogen-bond donors (Lipinski definition) is 0. The third-order valence-corrected chi connectivity index (χ3v) is 12.8. The van der Waals surface area contributed by atoms with Crippen LogP contribution < -0.4 is 0 Å². The topological polar surface area (TPSA) is 114 Å². The van der Waals surface area contributed by atoms with Gasteiger partial charge in [0, 0.05) is 0 Å². The zero-order valence-corrected chi connectivity index (χ0v) is 41.8. The fourth-order valence-electron chi connectivity index (χ4n) is 7.83. The number of rotatable bonds is 26. The molecule has 0 aliphatic carbocycles. The Labute approximate surface area is 387 Å². The van der Waals surface area contributed by atoms with Crippen molar-refractivity contribution in [2.24, 2.45) is 0 Å². The molecule has 0 atom stereocenters. The maximum absolute atomic E-state index is 11.5. The van der Waals surface area contributed by atoms with E-state index in [0.29, 0.717) is 0 Å². The third-order valence-electron chi connectivity index (χ3n) is 11.1. The molecule has 0 bridgehead atoms. The molecule has 0 unspecified atom stereocenters. The second kappa shape index (κ2) is 28.3. The average Bonchev–Trinajstić information content (AvgIpc) is 3.17. The number of hydrogen-bond acceptors (Lipinski definition) is 6. The van der Waals surface area contributed by atoms with Gasteiger partial charge >= 0.3 is 48.9 Å². The quantitative estimate of drug-likeness (QED) is 0.0352. The number of fused-ring (bicyclic) bond motifs is 2. The summed E-state index contributed by atoms with van der Waals surface area (Å²) in [5, 5.41) is 3.92. The molecule has 4 rings (SSSR count). The first kappa shape index (κ1) is 51.9. The van der Waals surface area contributed by atoms with E-state index in [-0.39, 0.29) is 58.7 Å². The van der Waals surface area contributed by atoms with Gasteiger partial charge in [-0.2, -0.15) is 0 Å². The van der Waals surface area contributed by atoms with Crippen LogP contribution in [0.1, 0.15) is 178 Å². The summed E-state index contributed by atoms with van der Waals surface area (Å²) in [7, 11) is -8.87. The molecule has 0 saturated carbocycles. The monoisotopic (exact) mass is 944 g/mol. The minimum atomic E-state index is -4.43. The molecule has 0 spiro atoms. The van der Waals surface area contributed by atoms with Crippen molar-refractivity contribution in [2.45, 2.75) is 192 Å². The summed E-state index contributed by atoms with van der Waals surface area (Å²) >= 11 is 0. The van der Waals surface area contributed by atoms with Crippen LogP contribution in [0.2, 0.25) is 0 Å². The van der Waals surface area contributed by atoms with Crippen molar-refractivity contribution in [2.75, 3.05) is 0 Å². The van der Waals surface area contributed by atoms with E-state index in [1.165, 1.54) is 137 Å². The Kier molecular flexibility index (Phi) is 25.8. The Balaban J connectivity index is 0.000000387. The maximum Gasteiger partial charge on any atom is 2.00 e. The van der Waals surface area contributed by atoms with E-state index in [1.807, 2.05) is 0 Å². The van der Waals surface area contributed by atoms with Gasteiger partial charge in [-0.15, -0.1) is 0 Å². The van der Waals surface area contributed by atoms with Crippen LogP contribution in [-0.4, -0.2) is 74.8 Å². The zero-order chi connectivity index (χ0) is 40.8. The molecule has 0 aliphatic heterocycles. The van der Waals surface area contributed by atoms with Crippen molar-refractivity contribution < 1.29 is 25.9 Å². The van der Waals surface area contributed by atoms with Crippen LogP contribution >= 0.6 is 0 Å². The summed E-state index contributed by atoms with van der Waals surface area (Å²) in [5.74, 6) is 0. The van der Waals surface area contributed by atoms with Crippen molar-refractivity contribution in [3.63, 3.8) is 0 Å². The predicted octanol–water partition coefficient (Wildman–Crippen LogP) is 13.2. The zero-order valence-electron chi connectivity index (χ0n) is 35.7. The number of benzene rings is 4. The molecule has 0 fully saturated rings. The summed E-state index contributed by atoms with van der Waals surface area (Å²) < 4.78 is 69.1. The first-order valence-electron chi connectivity index (χ1n) is 21.9. The van der Waals surface area contributed by atoms with Crippen molar-refractivity contribution >= 4 is 90.7 Å². The molecule has 0 aromatic heterocycles. The normalized spacial score (nSPS) is 11.8. The smallest absolute Gasteiger partial charge is 0.744 e. The number of aryl methyl sites for hydroxylation is 4. The van der Waals surface area contributed by atoms with E-state index in [9.17, 15) is 25.9 Å². The fourth-order valence-corrected chi connectivity index (χ4v) is 8.82. The molecule has 4 aromatic rings. The maximum atomic E-state index is 11.5. The summed E-state index contributed by atoms with van der Waals surface area (Å²) in [6, 6.07) is 18.1. The molecular weight excluding hydrogens is 874 g/mol. The van der Waals surface area contributed by atoms with Gasteiger partial charge in [0.1, 0.15) is 20.2 Å². The summed E-state index contributed by atoms with van der Waals surface area (Å²) in [6.45, 7) is 8.88. The second-order valence-electron chi connectivity index (χ2n) is 15.7. The molecule has 4 aromatic carbocycles. The van der Waals surface area contributed by atoms with E-state index < -0.39 is 20.2 Å². The second-order valence-corrected chi connectivity index (χ2v) is 18.5. The van der Waals surface area contributed by atoms with Gasteiger partial charge in [0.15, 0.2) is 0 Å². The molecule has 57 heavy (non-hydrogen) atoms. The summed E-state index contributed by atoms with van der Waals surface area (Å²) in [4.78, 5) is -0.236. The van der Waals surface area contributed by atoms with Gasteiger partial charge in [-0.05, 0) is 119 Å². The van der Waals surface area contributed by atoms with E-state index in [1.54, 1.807) is 24.3 Å². The Hall–Kier alpha value is -1.21. The molecule has 0 heterocycles. The third kappa shape index (κ3) is 18.5. The van der Waals surface area contributed by atoms with Crippen LogP contribution in [0.5, 0.6) is 0 Å². The standard InChI is InChI=1S/2C24H36O3S.Ba/c2*1-3-5-7-9-11-13-20-15-16-21-17-18-22(28(25,26)27)19-24(21)23(20)14-12-10-8-6-4-2;/h2*15-19H,3-14H2,1-2H3,(H,25,26,27);/q;;+2/p-2. The number of unbranched alkanes of at least 4 members (excludes halogenated alkanes) is 16. The molecule has 0 saturated heterocycles. The van der Waals surface area contributed by atoms with E-state index in [4.69, 9.17) is 0 Å². The van der Waals surface area contributed by atoms with Gasteiger partial charge in [0.05, 0.1) is 9.79 Å². The van der Waals surface area contributed by atoms with E-state index >= 15 is 0 Å². The molecule has 9 heteroatoms. The Morgan fingerprint density at radius 2 is 0.667 bits per heavy atom. The SMILES string of the molecule is CCCCCCCc1ccc2ccc(S(=O)(=O)[O-])cc2c1CCCCCCC.CCCCCCCc1ccc2ccc(S(=O)(=O)[O-])cc2c1CCCCCCC.[Ba+2]. The molecule has 0 N–H and O–H groups in total. The van der Waals surface area contributed by atoms with Gasteiger partial charge in [-0.25, -0.2) is 16.8 Å². The van der Waals surface area contributed by atoms with Crippen LogP contribution in [0.15, 0.2) is 70.5 Å². The van der Waals surface area contributed by atoms with Gasteiger partial charge in [0.2, 0.25) is 0 Å². The van der Waals surface area contributed by atoms with Gasteiger partial charge in [-0.3, -0.25) is 0 Å². The van der Waals surface area contributed by atoms with Crippen molar-refractivity contribution in [3.05, 3.63) is 82.9 Å². The van der Waals surface area contributed by atoms with Gasteiger partial charge in [0.25, 0.3) is 0 Å². The van der Waals surface area contributed by atoms with Crippen LogP contribution in [-0.2, 0) is 45.9 Å². The van der Waals surface area contributed by atoms with Crippen molar-refractivity contribution in [3.8, 4) is 0 Å². The van der Waals surface area contributed by atoms with Crippen molar-refractivity contribution in [1.29, 1.82) is 0 Å². The van der Waals surface area contributed by atoms with Gasteiger partial charge < -0.3 is 9.11 Å². The molecule has 0 amide bonds. The first-order valence-corrected chi connectivity index (χ1v) is 24.8. The molecular formula is C48H70BaO6S2. The van der Waals surface area contributed by atoms with Crippen LogP contribution in [0.4, 0.5) is 0 Å². The minimum Gasteiger partial charge on any atom is -0.744 e. The molecule has 6 nitrogen and oxygen atoms in total. The predicted molar refractivity (Wildman–Crippen MR) is 239 cm³/mol. The Morgan fingerprint density at radius 3 is 0.965 bits per heavy atom. The van der Waals surface area contributed by atoms with E-state index in [0.717, 1.165) is 72.9 Å². The molecule has 0 aliphatic rings.